The molecule has 16 rings (SSSR count). The number of rotatable bonds is 11. The van der Waals surface area contributed by atoms with Crippen LogP contribution in [0.2, 0.25) is 0 Å². The van der Waals surface area contributed by atoms with Crippen molar-refractivity contribution in [3.63, 3.8) is 0 Å². The topological polar surface area (TPSA) is 54.8 Å². The summed E-state index contributed by atoms with van der Waals surface area (Å²) in [5.74, 6) is 0. The Balaban J connectivity index is 1.01. The van der Waals surface area contributed by atoms with E-state index in [2.05, 4.69) is 281 Å². The molecule has 5 nitrogen and oxygen atoms in total. The molecule has 0 fully saturated rings. The highest BCUT2D eigenvalue weighted by Gasteiger charge is 2.37. The van der Waals surface area contributed by atoms with Gasteiger partial charge < -0.3 is 4.90 Å². The van der Waals surface area contributed by atoms with Crippen LogP contribution in [0.4, 0.5) is 17.1 Å². The van der Waals surface area contributed by atoms with Gasteiger partial charge in [-0.3, -0.25) is 0 Å². The van der Waals surface area contributed by atoms with Crippen molar-refractivity contribution < 1.29 is 0 Å². The lowest BCUT2D eigenvalue weighted by molar-refractivity contribution is 0.632. The van der Waals surface area contributed by atoms with Crippen molar-refractivity contribution in [1.29, 1.82) is 0 Å². The molecule has 0 saturated heterocycles. The van der Waals surface area contributed by atoms with Gasteiger partial charge in [-0.15, -0.1) is 45.3 Å². The lowest BCUT2D eigenvalue weighted by atomic mass is 9.73. The molecular formula is C78H53N5S4. The lowest BCUT2D eigenvalue weighted by Gasteiger charge is -2.42. The second kappa shape index (κ2) is 21.3. The van der Waals surface area contributed by atoms with Crippen LogP contribution in [-0.2, 0) is 5.41 Å². The summed E-state index contributed by atoms with van der Waals surface area (Å²) in [6, 6.07) is 91.0. The summed E-state index contributed by atoms with van der Waals surface area (Å²) in [6.07, 6.45) is 1.86. The average molecular weight is 1190 g/mol. The van der Waals surface area contributed by atoms with E-state index in [0.717, 1.165) is 145 Å². The van der Waals surface area contributed by atoms with E-state index >= 15 is 0 Å². The summed E-state index contributed by atoms with van der Waals surface area (Å²) in [5, 5.41) is 3.88. The van der Waals surface area contributed by atoms with Crippen LogP contribution in [0, 0.1) is 6.92 Å². The maximum Gasteiger partial charge on any atom is 0.124 e. The molecule has 0 bridgehead atoms. The molecule has 11 aromatic carbocycles. The number of fused-ring (bicyclic) bond motifs is 5. The van der Waals surface area contributed by atoms with Crippen LogP contribution >= 0.6 is 45.3 Å². The quantitative estimate of drug-likeness (QED) is 0.129. The van der Waals surface area contributed by atoms with Gasteiger partial charge in [-0.05, 0) is 171 Å². The van der Waals surface area contributed by atoms with Crippen molar-refractivity contribution in [3.05, 3.63) is 277 Å². The minimum atomic E-state index is -0.196. The second-order valence-corrected chi connectivity index (χ2v) is 26.9. The van der Waals surface area contributed by atoms with Crippen LogP contribution in [0.15, 0.2) is 255 Å². The van der Waals surface area contributed by atoms with E-state index in [4.69, 9.17) is 19.9 Å². The number of hydrogen-bond donors (Lipinski definition) is 0. The van der Waals surface area contributed by atoms with Crippen LogP contribution in [0.25, 0.3) is 135 Å². The highest BCUT2D eigenvalue weighted by molar-refractivity contribution is 7.22. The smallest absolute Gasteiger partial charge is 0.124 e. The molecule has 1 aliphatic rings. The molecule has 4 aromatic heterocycles. The van der Waals surface area contributed by atoms with Crippen molar-refractivity contribution in [2.24, 2.45) is 0 Å². The molecule has 0 radical (unpaired) electrons. The molecule has 0 saturated carbocycles. The van der Waals surface area contributed by atoms with Crippen LogP contribution in [0.1, 0.15) is 35.5 Å². The number of hydrogen-bond acceptors (Lipinski definition) is 9. The van der Waals surface area contributed by atoms with Crippen LogP contribution in [-0.4, -0.2) is 19.9 Å². The SMILES string of the molecule is C=Cc1nc(-c2cccc(-c3cc(-c4cccc(-c5nc6ccccc6s5)c4)c(-c4cccc(-c5nc6ccccc6s5)c4)c(-c4ccc(N5c6ccccc6C(C)(C)c6ccccc65)cc4)c3-c3cccc(-c4nc5ccccc5s4)c3)c2)sc1C. The van der Waals surface area contributed by atoms with Gasteiger partial charge >= 0.3 is 0 Å². The van der Waals surface area contributed by atoms with Crippen molar-refractivity contribution in [3.8, 4) is 97.9 Å². The van der Waals surface area contributed by atoms with Gasteiger partial charge in [-0.1, -0.05) is 178 Å². The molecular weight excluding hydrogens is 1140 g/mol. The maximum absolute atomic E-state index is 5.25. The fourth-order valence-corrected chi connectivity index (χ4v) is 16.5. The number of nitrogens with zero attached hydrogens (tertiary/aromatic N) is 5. The van der Waals surface area contributed by atoms with Crippen molar-refractivity contribution in [2.75, 3.05) is 4.90 Å². The van der Waals surface area contributed by atoms with Crippen LogP contribution < -0.4 is 4.90 Å². The summed E-state index contributed by atoms with van der Waals surface area (Å²) < 4.78 is 3.47. The van der Waals surface area contributed by atoms with Crippen LogP contribution in [0.5, 0.6) is 0 Å². The monoisotopic (exact) mass is 1190 g/mol. The van der Waals surface area contributed by atoms with E-state index in [1.807, 2.05) is 6.08 Å². The third kappa shape index (κ3) is 9.25. The standard InChI is InChI=1S/C78H53N5S4/c1-5-62-47(2)84-74(79-62)53-24-16-20-49(42-53)58-46-59(50-21-17-25-54(43-50)75-80-63-30-8-13-35-68(63)85-75)72(52-23-19-27-56(45-52)77-82-65-32-10-15-37-70(65)87-77)73(71(58)51-22-18-26-55(44-51)76-81-64-31-9-14-36-69(64)86-76)48-38-40-57(41-39-48)83-66-33-11-6-28-60(66)78(3,4)61-29-7-12-34-67(61)83/h5-46H,1H2,2-4H3. The lowest BCUT2D eigenvalue weighted by Crippen LogP contribution is -2.30. The average Bonchev–Trinajstić information content (AvgIpc) is 1.56. The fraction of sp³-hybridized carbons (Fsp3) is 0.0513. The molecule has 1 aliphatic heterocycles. The minimum Gasteiger partial charge on any atom is -0.310 e. The van der Waals surface area contributed by atoms with Gasteiger partial charge in [0, 0.05) is 38.2 Å². The Labute approximate surface area is 521 Å². The van der Waals surface area contributed by atoms with E-state index in [-0.39, 0.29) is 5.41 Å². The third-order valence-electron chi connectivity index (χ3n) is 16.9. The summed E-state index contributed by atoms with van der Waals surface area (Å²) in [6.45, 7) is 10.9. The van der Waals surface area contributed by atoms with Gasteiger partial charge in [0.1, 0.15) is 20.0 Å². The Morgan fingerprint density at radius 1 is 0.356 bits per heavy atom. The fourth-order valence-electron chi connectivity index (χ4n) is 12.7. The molecule has 0 aliphatic carbocycles. The molecule has 5 heterocycles. The van der Waals surface area contributed by atoms with Gasteiger partial charge in [0.2, 0.25) is 0 Å². The molecule has 0 amide bonds. The molecule has 87 heavy (non-hydrogen) atoms. The minimum absolute atomic E-state index is 0.196. The van der Waals surface area contributed by atoms with E-state index in [1.54, 1.807) is 45.3 Å². The molecule has 414 valence electrons. The first-order valence-corrected chi connectivity index (χ1v) is 32.4. The molecule has 0 unspecified atom stereocenters. The zero-order valence-electron chi connectivity index (χ0n) is 47.8. The van der Waals surface area contributed by atoms with Gasteiger partial charge in [0.05, 0.1) is 47.7 Å². The van der Waals surface area contributed by atoms with Crippen molar-refractivity contribution in [2.45, 2.75) is 26.2 Å². The summed E-state index contributed by atoms with van der Waals surface area (Å²) >= 11 is 6.89. The Kier molecular flexibility index (Phi) is 12.9. The molecule has 9 heteroatoms. The van der Waals surface area contributed by atoms with Gasteiger partial charge in [-0.25, -0.2) is 19.9 Å². The van der Waals surface area contributed by atoms with Crippen molar-refractivity contribution in [1.82, 2.24) is 19.9 Å². The first kappa shape index (κ1) is 52.8. The van der Waals surface area contributed by atoms with Crippen LogP contribution in [0.3, 0.4) is 0 Å². The highest BCUT2D eigenvalue weighted by atomic mass is 32.1. The van der Waals surface area contributed by atoms with Gasteiger partial charge in [-0.2, -0.15) is 0 Å². The Morgan fingerprint density at radius 2 is 0.736 bits per heavy atom. The van der Waals surface area contributed by atoms with Crippen molar-refractivity contribution >= 4 is 99.1 Å². The number of para-hydroxylation sites is 5. The Hall–Kier alpha value is -9.74. The molecule has 15 aromatic rings. The van der Waals surface area contributed by atoms with E-state index in [0.29, 0.717) is 0 Å². The maximum atomic E-state index is 5.25. The summed E-state index contributed by atoms with van der Waals surface area (Å²) in [4.78, 5) is 24.4. The van der Waals surface area contributed by atoms with Gasteiger partial charge in [0.15, 0.2) is 0 Å². The number of aryl methyl sites for hydroxylation is 1. The molecule has 0 N–H and O–H groups in total. The largest absolute Gasteiger partial charge is 0.310 e. The summed E-state index contributed by atoms with van der Waals surface area (Å²) in [5.41, 5.74) is 24.8. The summed E-state index contributed by atoms with van der Waals surface area (Å²) in [7, 11) is 0. The predicted octanol–water partition coefficient (Wildman–Crippen LogP) is 23.0. The Bertz CT molecular complexity index is 5060. The Morgan fingerprint density at radius 3 is 1.16 bits per heavy atom. The number of benzene rings is 11. The third-order valence-corrected chi connectivity index (χ3v) is 21.2. The zero-order chi connectivity index (χ0) is 58.3. The number of thiazole rings is 4. The highest BCUT2D eigenvalue weighted by Crippen LogP contribution is 2.55. The molecule has 0 atom stereocenters. The number of aromatic nitrogens is 4. The van der Waals surface area contributed by atoms with Gasteiger partial charge in [0.25, 0.3) is 0 Å². The normalized spacial score (nSPS) is 12.7. The first-order chi connectivity index (χ1) is 42.7. The first-order valence-electron chi connectivity index (χ1n) is 29.1. The van der Waals surface area contributed by atoms with E-state index in [1.165, 1.54) is 22.5 Å². The predicted molar refractivity (Wildman–Crippen MR) is 372 cm³/mol. The number of anilines is 3. The second-order valence-electron chi connectivity index (χ2n) is 22.6. The van der Waals surface area contributed by atoms with E-state index < -0.39 is 0 Å². The molecule has 0 spiro atoms. The zero-order valence-corrected chi connectivity index (χ0v) is 51.1. The van der Waals surface area contributed by atoms with E-state index in [9.17, 15) is 0 Å².